The molecule has 8 heteroatoms. The van der Waals surface area contributed by atoms with Crippen molar-refractivity contribution in [1.82, 2.24) is 10.2 Å². The van der Waals surface area contributed by atoms with E-state index < -0.39 is 11.9 Å². The van der Waals surface area contributed by atoms with Crippen molar-refractivity contribution in [3.8, 4) is 0 Å². The molecule has 1 aliphatic carbocycles. The van der Waals surface area contributed by atoms with Crippen LogP contribution in [0.1, 0.15) is 36.1 Å². The maximum absolute atomic E-state index is 14.4. The van der Waals surface area contributed by atoms with E-state index in [0.29, 0.717) is 23.0 Å². The number of hydrogen-bond donors (Lipinski definition) is 5. The van der Waals surface area contributed by atoms with E-state index in [9.17, 15) is 13.9 Å². The first-order valence-electron chi connectivity index (χ1n) is 9.07. The number of nitrogens with one attached hydrogen (secondary N) is 3. The van der Waals surface area contributed by atoms with Gasteiger partial charge in [0, 0.05) is 23.7 Å². The van der Waals surface area contributed by atoms with Crippen LogP contribution in [0.4, 0.5) is 31.7 Å². The Morgan fingerprint density at radius 1 is 1.14 bits per heavy atom. The van der Waals surface area contributed by atoms with Crippen molar-refractivity contribution in [2.75, 3.05) is 23.0 Å². The van der Waals surface area contributed by atoms with Crippen molar-refractivity contribution < 1.29 is 13.9 Å². The second kappa shape index (κ2) is 7.47. The molecule has 0 amide bonds. The predicted octanol–water partition coefficient (Wildman–Crippen LogP) is 4.04. The van der Waals surface area contributed by atoms with Gasteiger partial charge in [-0.1, -0.05) is 12.1 Å². The van der Waals surface area contributed by atoms with Crippen molar-refractivity contribution in [3.05, 3.63) is 65.4 Å². The number of nitrogen functional groups attached to an aromatic ring is 1. The number of aliphatic hydroxyl groups excluding tert-OH is 1. The molecule has 0 radical (unpaired) electrons. The molecule has 0 bridgehead atoms. The highest BCUT2D eigenvalue weighted by molar-refractivity contribution is 5.76. The Labute approximate surface area is 160 Å². The molecule has 0 spiro atoms. The molecule has 3 aromatic rings. The first kappa shape index (κ1) is 18.2. The zero-order valence-electron chi connectivity index (χ0n) is 15.0. The Balaban J connectivity index is 1.56. The van der Waals surface area contributed by atoms with Gasteiger partial charge >= 0.3 is 0 Å². The van der Waals surface area contributed by atoms with Crippen LogP contribution in [-0.4, -0.2) is 21.9 Å². The number of aliphatic hydroxyl groups is 1. The lowest BCUT2D eigenvalue weighted by Gasteiger charge is -2.20. The van der Waals surface area contributed by atoms with E-state index in [-0.39, 0.29) is 23.8 Å². The number of H-pyrrole nitrogens is 1. The van der Waals surface area contributed by atoms with E-state index in [1.807, 2.05) is 6.07 Å². The summed E-state index contributed by atoms with van der Waals surface area (Å²) in [5, 5.41) is 22.9. The Bertz CT molecular complexity index is 969. The average molecular weight is 385 g/mol. The maximum atomic E-state index is 14.4. The smallest absolute Gasteiger partial charge is 0.152 e. The van der Waals surface area contributed by atoms with Gasteiger partial charge in [0.2, 0.25) is 0 Å². The van der Waals surface area contributed by atoms with Crippen LogP contribution in [0.2, 0.25) is 0 Å². The van der Waals surface area contributed by atoms with E-state index in [4.69, 9.17) is 5.73 Å². The maximum Gasteiger partial charge on any atom is 0.152 e. The number of aromatic nitrogens is 2. The van der Waals surface area contributed by atoms with Gasteiger partial charge in [0.15, 0.2) is 5.82 Å². The van der Waals surface area contributed by atoms with Gasteiger partial charge in [-0.3, -0.25) is 5.10 Å². The third kappa shape index (κ3) is 3.91. The molecule has 6 N–H and O–H groups in total. The average Bonchev–Trinajstić information content (AvgIpc) is 3.43. The summed E-state index contributed by atoms with van der Waals surface area (Å²) in [5.41, 5.74) is 8.55. The molecule has 1 saturated carbocycles. The highest BCUT2D eigenvalue weighted by atomic mass is 19.1. The van der Waals surface area contributed by atoms with Crippen LogP contribution >= 0.6 is 0 Å². The fraction of sp³-hybridized carbons (Fsp3) is 0.250. The molecule has 1 atom stereocenters. The molecule has 146 valence electrons. The van der Waals surface area contributed by atoms with Gasteiger partial charge in [0.1, 0.15) is 11.6 Å². The lowest BCUT2D eigenvalue weighted by Crippen LogP contribution is -2.16. The minimum Gasteiger partial charge on any atom is -0.397 e. The van der Waals surface area contributed by atoms with Gasteiger partial charge < -0.3 is 21.5 Å². The van der Waals surface area contributed by atoms with Crippen LogP contribution in [-0.2, 0) is 0 Å². The van der Waals surface area contributed by atoms with E-state index in [2.05, 4.69) is 20.8 Å². The summed E-state index contributed by atoms with van der Waals surface area (Å²) in [7, 11) is 0. The second-order valence-electron chi connectivity index (χ2n) is 6.96. The summed E-state index contributed by atoms with van der Waals surface area (Å²) in [6.45, 7) is -0.289. The van der Waals surface area contributed by atoms with Crippen LogP contribution in [0.5, 0.6) is 0 Å². The summed E-state index contributed by atoms with van der Waals surface area (Å²) in [6.07, 6.45) is 2.31. The van der Waals surface area contributed by atoms with E-state index in [1.165, 1.54) is 24.3 Å². The van der Waals surface area contributed by atoms with Crippen molar-refractivity contribution in [3.63, 3.8) is 0 Å². The zero-order valence-corrected chi connectivity index (χ0v) is 15.0. The molecule has 0 unspecified atom stereocenters. The number of benzene rings is 2. The van der Waals surface area contributed by atoms with Crippen LogP contribution in [0.15, 0.2) is 42.5 Å². The summed E-state index contributed by atoms with van der Waals surface area (Å²) in [5.74, 6) is 0.203. The molecule has 1 heterocycles. The standard InChI is InChI=1S/C20H21F2N5O/c21-13-5-3-12(4-6-13)19(10-28)24-17-8-18(15(23)7-14(17)22)25-20-9-16(26-27-20)11-1-2-11/h3-9,11,19,24,28H,1-2,10,23H2,(H2,25,26,27)/t19-/m0/s1. The molecule has 1 aliphatic rings. The van der Waals surface area contributed by atoms with E-state index in [1.54, 1.807) is 12.1 Å². The van der Waals surface area contributed by atoms with Crippen LogP contribution < -0.4 is 16.4 Å². The number of anilines is 4. The summed E-state index contributed by atoms with van der Waals surface area (Å²) < 4.78 is 27.6. The minimum atomic E-state index is -0.599. The van der Waals surface area contributed by atoms with Crippen molar-refractivity contribution in [2.45, 2.75) is 24.8 Å². The number of hydrogen-bond acceptors (Lipinski definition) is 5. The van der Waals surface area contributed by atoms with Crippen LogP contribution in [0.25, 0.3) is 0 Å². The highest BCUT2D eigenvalue weighted by Crippen LogP contribution is 2.40. The highest BCUT2D eigenvalue weighted by Gasteiger charge is 2.25. The molecule has 28 heavy (non-hydrogen) atoms. The number of halogens is 2. The van der Waals surface area contributed by atoms with Crippen LogP contribution in [0.3, 0.4) is 0 Å². The number of aromatic amines is 1. The molecule has 0 aliphatic heterocycles. The fourth-order valence-electron chi connectivity index (χ4n) is 3.07. The topological polar surface area (TPSA) is 99.0 Å². The lowest BCUT2D eigenvalue weighted by molar-refractivity contribution is 0.276. The third-order valence-electron chi connectivity index (χ3n) is 4.80. The van der Waals surface area contributed by atoms with Crippen molar-refractivity contribution in [1.29, 1.82) is 0 Å². The van der Waals surface area contributed by atoms with Crippen molar-refractivity contribution >= 4 is 22.9 Å². The van der Waals surface area contributed by atoms with Gasteiger partial charge in [-0.25, -0.2) is 8.78 Å². The van der Waals surface area contributed by atoms with Crippen LogP contribution in [0, 0.1) is 11.6 Å². The van der Waals surface area contributed by atoms with Gasteiger partial charge in [0.05, 0.1) is 29.7 Å². The van der Waals surface area contributed by atoms with Gasteiger partial charge in [-0.15, -0.1) is 0 Å². The monoisotopic (exact) mass is 385 g/mol. The number of rotatable bonds is 7. The molecule has 0 saturated heterocycles. The Hall–Kier alpha value is -3.13. The Morgan fingerprint density at radius 3 is 2.57 bits per heavy atom. The summed E-state index contributed by atoms with van der Waals surface area (Å²) >= 11 is 0. The third-order valence-corrected chi connectivity index (χ3v) is 4.80. The zero-order chi connectivity index (χ0) is 19.7. The Morgan fingerprint density at radius 2 is 1.89 bits per heavy atom. The largest absolute Gasteiger partial charge is 0.397 e. The Kier molecular flexibility index (Phi) is 4.87. The normalized spacial score (nSPS) is 14.7. The molecule has 2 aromatic carbocycles. The predicted molar refractivity (Wildman–Crippen MR) is 105 cm³/mol. The molecule has 4 rings (SSSR count). The molecular formula is C20H21F2N5O. The quantitative estimate of drug-likeness (QED) is 0.396. The number of nitrogens with zero attached hydrogens (tertiary/aromatic N) is 1. The molecular weight excluding hydrogens is 364 g/mol. The summed E-state index contributed by atoms with van der Waals surface area (Å²) in [6, 6.07) is 9.73. The summed E-state index contributed by atoms with van der Waals surface area (Å²) in [4.78, 5) is 0. The fourth-order valence-corrected chi connectivity index (χ4v) is 3.07. The van der Waals surface area contributed by atoms with E-state index >= 15 is 0 Å². The SMILES string of the molecule is Nc1cc(F)c(N[C@@H](CO)c2ccc(F)cc2)cc1Nc1cc(C2CC2)[nH]n1. The minimum absolute atomic E-state index is 0.165. The van der Waals surface area contributed by atoms with Gasteiger partial charge in [-0.2, -0.15) is 5.10 Å². The lowest BCUT2D eigenvalue weighted by atomic mass is 10.1. The molecule has 6 nitrogen and oxygen atoms in total. The molecule has 1 fully saturated rings. The first-order chi connectivity index (χ1) is 13.5. The van der Waals surface area contributed by atoms with Gasteiger partial charge in [-0.05, 0) is 36.6 Å². The van der Waals surface area contributed by atoms with E-state index in [0.717, 1.165) is 18.5 Å². The number of nitrogens with two attached hydrogens (primary N) is 1. The first-order valence-corrected chi connectivity index (χ1v) is 9.07. The second-order valence-corrected chi connectivity index (χ2v) is 6.96. The van der Waals surface area contributed by atoms with Crippen molar-refractivity contribution in [2.24, 2.45) is 0 Å². The molecule has 1 aromatic heterocycles. The van der Waals surface area contributed by atoms with Gasteiger partial charge in [0.25, 0.3) is 0 Å².